The molecule has 0 radical (unpaired) electrons. The van der Waals surface area contributed by atoms with E-state index < -0.39 is 10.8 Å². The number of nitrogens with zero attached hydrogens (tertiary/aromatic N) is 1. The van der Waals surface area contributed by atoms with Crippen molar-refractivity contribution in [3.8, 4) is 0 Å². The maximum absolute atomic E-state index is 13.1. The van der Waals surface area contributed by atoms with Crippen molar-refractivity contribution in [2.24, 2.45) is 0 Å². The van der Waals surface area contributed by atoms with Crippen LogP contribution in [0.1, 0.15) is 17.2 Å². The number of rotatable bonds is 1. The van der Waals surface area contributed by atoms with Gasteiger partial charge in [0.05, 0.1) is 10.8 Å². The summed E-state index contributed by atoms with van der Waals surface area (Å²) in [6.07, 6.45) is 0.884. The fourth-order valence-electron chi connectivity index (χ4n) is 3.56. The number of hydrogen-bond acceptors (Lipinski definition) is 3. The van der Waals surface area contributed by atoms with E-state index in [0.29, 0.717) is 5.02 Å². The molecule has 0 spiro atoms. The van der Waals surface area contributed by atoms with Crippen molar-refractivity contribution in [2.75, 3.05) is 26.2 Å². The Bertz CT molecular complexity index is 758. The third-order valence-electron chi connectivity index (χ3n) is 4.71. The Kier molecular flexibility index (Phi) is 4.24. The molecule has 3 nitrogen and oxygen atoms in total. The quantitative estimate of drug-likeness (QED) is 0.861. The van der Waals surface area contributed by atoms with Crippen LogP contribution in [0, 0.1) is 0 Å². The third-order valence-corrected chi connectivity index (χ3v) is 6.51. The Balaban J connectivity index is 1.87. The predicted octanol–water partition coefficient (Wildman–Crippen LogP) is 3.01. The highest BCUT2D eigenvalue weighted by Crippen LogP contribution is 2.38. The maximum atomic E-state index is 13.1. The molecule has 4 rings (SSSR count). The molecular weight excluding hydrogens is 328 g/mol. The molecule has 5 heteroatoms. The van der Waals surface area contributed by atoms with Gasteiger partial charge < -0.3 is 5.32 Å². The minimum Gasteiger partial charge on any atom is -0.314 e. The van der Waals surface area contributed by atoms with Gasteiger partial charge in [-0.3, -0.25) is 4.90 Å². The first kappa shape index (κ1) is 15.3. The van der Waals surface area contributed by atoms with Gasteiger partial charge in [-0.05, 0) is 41.8 Å². The molecule has 2 unspecified atom stereocenters. The molecule has 1 saturated heterocycles. The maximum Gasteiger partial charge on any atom is 0.0855 e. The molecule has 2 aromatic carbocycles. The molecule has 0 amide bonds. The largest absolute Gasteiger partial charge is 0.314 e. The second kappa shape index (κ2) is 6.36. The van der Waals surface area contributed by atoms with Crippen LogP contribution in [0.4, 0.5) is 0 Å². The van der Waals surface area contributed by atoms with Gasteiger partial charge in [-0.25, -0.2) is 4.21 Å². The van der Waals surface area contributed by atoms with Crippen molar-refractivity contribution in [3.63, 3.8) is 0 Å². The Morgan fingerprint density at radius 3 is 2.70 bits per heavy atom. The fourth-order valence-corrected chi connectivity index (χ4v) is 5.17. The first-order valence-electron chi connectivity index (χ1n) is 7.98. The average molecular weight is 347 g/mol. The molecule has 0 aromatic heterocycles. The molecule has 0 saturated carbocycles. The van der Waals surface area contributed by atoms with E-state index in [2.05, 4.69) is 16.3 Å². The highest BCUT2D eigenvalue weighted by atomic mass is 35.5. The summed E-state index contributed by atoms with van der Waals surface area (Å²) >= 11 is 6.26. The molecule has 2 aromatic rings. The van der Waals surface area contributed by atoms with Crippen molar-refractivity contribution >= 4 is 22.4 Å². The molecule has 0 bridgehead atoms. The van der Waals surface area contributed by atoms with Gasteiger partial charge in [-0.2, -0.15) is 0 Å². The van der Waals surface area contributed by atoms with E-state index >= 15 is 0 Å². The van der Waals surface area contributed by atoms with E-state index in [0.717, 1.165) is 48.0 Å². The first-order valence-corrected chi connectivity index (χ1v) is 9.51. The molecule has 1 fully saturated rings. The molecule has 2 aliphatic rings. The Morgan fingerprint density at radius 2 is 1.87 bits per heavy atom. The van der Waals surface area contributed by atoms with Gasteiger partial charge in [0.1, 0.15) is 0 Å². The van der Waals surface area contributed by atoms with Crippen LogP contribution in [0.25, 0.3) is 0 Å². The highest BCUT2D eigenvalue weighted by molar-refractivity contribution is 7.85. The second-order valence-electron chi connectivity index (χ2n) is 6.06. The van der Waals surface area contributed by atoms with Crippen molar-refractivity contribution in [3.05, 3.63) is 58.6 Å². The van der Waals surface area contributed by atoms with Gasteiger partial charge in [-0.1, -0.05) is 29.8 Å². The van der Waals surface area contributed by atoms with E-state index in [4.69, 9.17) is 11.6 Å². The number of nitrogens with one attached hydrogen (secondary N) is 1. The molecular formula is C18H19ClN2OS. The topological polar surface area (TPSA) is 32.3 Å². The molecule has 1 N–H and O–H groups in total. The van der Waals surface area contributed by atoms with E-state index in [1.807, 2.05) is 36.4 Å². The van der Waals surface area contributed by atoms with Crippen molar-refractivity contribution in [2.45, 2.75) is 22.3 Å². The molecule has 120 valence electrons. The number of benzene rings is 2. The molecule has 2 atom stereocenters. The van der Waals surface area contributed by atoms with Gasteiger partial charge in [-0.15, -0.1) is 0 Å². The van der Waals surface area contributed by atoms with Gasteiger partial charge >= 0.3 is 0 Å². The van der Waals surface area contributed by atoms with Gasteiger partial charge in [0.25, 0.3) is 0 Å². The monoisotopic (exact) mass is 346 g/mol. The lowest BCUT2D eigenvalue weighted by atomic mass is 9.97. The van der Waals surface area contributed by atoms with Gasteiger partial charge in [0, 0.05) is 47.0 Å². The second-order valence-corrected chi connectivity index (χ2v) is 7.92. The minimum absolute atomic E-state index is 0.235. The predicted molar refractivity (Wildman–Crippen MR) is 93.5 cm³/mol. The van der Waals surface area contributed by atoms with Crippen molar-refractivity contribution < 1.29 is 4.21 Å². The zero-order chi connectivity index (χ0) is 15.8. The van der Waals surface area contributed by atoms with Gasteiger partial charge in [0.15, 0.2) is 0 Å². The Hall–Kier alpha value is -1.20. The van der Waals surface area contributed by atoms with Crippen LogP contribution < -0.4 is 5.32 Å². The van der Waals surface area contributed by atoms with Crippen LogP contribution in [-0.2, 0) is 17.2 Å². The minimum atomic E-state index is -1.14. The van der Waals surface area contributed by atoms with E-state index in [1.165, 1.54) is 5.56 Å². The number of piperazine rings is 1. The third kappa shape index (κ3) is 2.85. The summed E-state index contributed by atoms with van der Waals surface area (Å²) in [6, 6.07) is 14.1. The Morgan fingerprint density at radius 1 is 1.09 bits per heavy atom. The zero-order valence-corrected chi connectivity index (χ0v) is 14.4. The summed E-state index contributed by atoms with van der Waals surface area (Å²) in [4.78, 5) is 4.34. The average Bonchev–Trinajstić information content (AvgIpc) is 2.71. The highest BCUT2D eigenvalue weighted by Gasteiger charge is 2.31. The fraction of sp³-hybridized carbons (Fsp3) is 0.333. The normalized spacial score (nSPS) is 24.6. The Labute approximate surface area is 144 Å². The summed E-state index contributed by atoms with van der Waals surface area (Å²) < 4.78 is 13.1. The van der Waals surface area contributed by atoms with Crippen LogP contribution in [-0.4, -0.2) is 35.3 Å². The standard InChI is InChI=1S/C18H19ClN2OS/c19-14-5-6-18-15(12-14)16(21-9-7-20-8-10-21)11-13-3-1-2-4-17(13)23(18)22/h1-6,12,16,20H,7-11H2. The lowest BCUT2D eigenvalue weighted by Gasteiger charge is -2.35. The van der Waals surface area contributed by atoms with Crippen molar-refractivity contribution in [1.82, 2.24) is 10.2 Å². The lowest BCUT2D eigenvalue weighted by Crippen LogP contribution is -2.45. The summed E-state index contributed by atoms with van der Waals surface area (Å²) in [7, 11) is -1.14. The summed E-state index contributed by atoms with van der Waals surface area (Å²) in [5.41, 5.74) is 2.30. The number of hydrogen-bond donors (Lipinski definition) is 1. The zero-order valence-electron chi connectivity index (χ0n) is 12.8. The van der Waals surface area contributed by atoms with Crippen LogP contribution in [0.3, 0.4) is 0 Å². The van der Waals surface area contributed by atoms with Crippen LogP contribution in [0.2, 0.25) is 5.02 Å². The molecule has 0 aliphatic carbocycles. The van der Waals surface area contributed by atoms with Crippen LogP contribution >= 0.6 is 11.6 Å². The van der Waals surface area contributed by atoms with Crippen LogP contribution in [0.5, 0.6) is 0 Å². The van der Waals surface area contributed by atoms with E-state index in [-0.39, 0.29) is 6.04 Å². The smallest absolute Gasteiger partial charge is 0.0855 e. The van der Waals surface area contributed by atoms with Crippen LogP contribution in [0.15, 0.2) is 52.3 Å². The van der Waals surface area contributed by atoms with Crippen molar-refractivity contribution in [1.29, 1.82) is 0 Å². The SMILES string of the molecule is O=S1c2ccccc2CC(N2CCNCC2)c2cc(Cl)ccc21. The van der Waals surface area contributed by atoms with E-state index in [9.17, 15) is 4.21 Å². The van der Waals surface area contributed by atoms with Gasteiger partial charge in [0.2, 0.25) is 0 Å². The number of fused-ring (bicyclic) bond motifs is 2. The summed E-state index contributed by atoms with van der Waals surface area (Å²) in [6.45, 7) is 4.01. The number of halogens is 1. The molecule has 23 heavy (non-hydrogen) atoms. The van der Waals surface area contributed by atoms with E-state index in [1.54, 1.807) is 0 Å². The summed E-state index contributed by atoms with van der Waals surface area (Å²) in [5.74, 6) is 0. The summed E-state index contributed by atoms with van der Waals surface area (Å²) in [5, 5.41) is 4.12. The molecule has 2 aliphatic heterocycles. The lowest BCUT2D eigenvalue weighted by molar-refractivity contribution is 0.170. The molecule has 2 heterocycles. The first-order chi connectivity index (χ1) is 11.2.